The number of methoxy groups -OCH3 is 1. The Balaban J connectivity index is 1.96. The summed E-state index contributed by atoms with van der Waals surface area (Å²) in [5.41, 5.74) is 4.67. The minimum absolute atomic E-state index is 0.225. The lowest BCUT2D eigenvalue weighted by molar-refractivity contribution is 0.310. The van der Waals surface area contributed by atoms with Crippen molar-refractivity contribution in [2.24, 2.45) is 12.0 Å². The van der Waals surface area contributed by atoms with Crippen LogP contribution in [0.3, 0.4) is 0 Å². The normalized spacial score (nSPS) is 12.6. The number of hydrogen-bond acceptors (Lipinski definition) is 4. The van der Waals surface area contributed by atoms with Crippen molar-refractivity contribution in [3.05, 3.63) is 40.7 Å². The molecule has 0 spiro atoms. The van der Waals surface area contributed by atoms with E-state index in [2.05, 4.69) is 41.5 Å². The predicted octanol–water partition coefficient (Wildman–Crippen LogP) is 2.74. The number of nitrogens with one attached hydrogen (secondary N) is 2. The van der Waals surface area contributed by atoms with Crippen molar-refractivity contribution >= 4 is 5.96 Å². The molecule has 2 rings (SSSR count). The number of guanidine groups is 1. The zero-order valence-corrected chi connectivity index (χ0v) is 18.1. The summed E-state index contributed by atoms with van der Waals surface area (Å²) in [7, 11) is 5.41. The summed E-state index contributed by atoms with van der Waals surface area (Å²) in [6, 6.07) is 6.17. The van der Waals surface area contributed by atoms with Gasteiger partial charge in [-0.05, 0) is 57.4 Å². The fourth-order valence-corrected chi connectivity index (χ4v) is 3.18. The van der Waals surface area contributed by atoms with Crippen LogP contribution in [0.4, 0.5) is 0 Å². The van der Waals surface area contributed by atoms with Gasteiger partial charge < -0.3 is 20.1 Å². The first-order valence-electron chi connectivity index (χ1n) is 9.65. The summed E-state index contributed by atoms with van der Waals surface area (Å²) in [5.74, 6) is 2.26. The quantitative estimate of drug-likeness (QED) is 0.538. The highest BCUT2D eigenvalue weighted by Gasteiger charge is 2.14. The maximum absolute atomic E-state index is 5.65. The third-order valence-electron chi connectivity index (χ3n) is 4.76. The van der Waals surface area contributed by atoms with Crippen molar-refractivity contribution in [3.63, 3.8) is 0 Å². The van der Waals surface area contributed by atoms with Crippen LogP contribution < -0.4 is 20.1 Å². The molecule has 1 unspecified atom stereocenters. The van der Waals surface area contributed by atoms with Crippen LogP contribution >= 0.6 is 0 Å². The topological polar surface area (TPSA) is 72.7 Å². The van der Waals surface area contributed by atoms with Gasteiger partial charge in [-0.15, -0.1) is 0 Å². The van der Waals surface area contributed by atoms with Crippen LogP contribution in [0, 0.1) is 13.8 Å². The summed E-state index contributed by atoms with van der Waals surface area (Å²) in [6.45, 7) is 9.52. The van der Waals surface area contributed by atoms with E-state index in [1.165, 1.54) is 11.3 Å². The average molecular weight is 388 g/mol. The highest BCUT2D eigenvalue weighted by Crippen LogP contribution is 2.27. The Labute approximate surface area is 168 Å². The zero-order chi connectivity index (χ0) is 20.7. The Kier molecular flexibility index (Phi) is 7.72. The number of rotatable bonds is 8. The highest BCUT2D eigenvalue weighted by atomic mass is 16.5. The molecule has 0 aliphatic rings. The zero-order valence-electron chi connectivity index (χ0n) is 18.1. The Morgan fingerprint density at radius 1 is 1.29 bits per heavy atom. The molecule has 154 valence electrons. The van der Waals surface area contributed by atoms with E-state index in [9.17, 15) is 0 Å². The second kappa shape index (κ2) is 10.0. The van der Waals surface area contributed by atoms with Crippen LogP contribution in [0.25, 0.3) is 0 Å². The van der Waals surface area contributed by atoms with E-state index in [1.54, 1.807) is 14.2 Å². The molecule has 7 heteroatoms. The summed E-state index contributed by atoms with van der Waals surface area (Å²) in [4.78, 5) is 4.34. The van der Waals surface area contributed by atoms with E-state index in [0.717, 1.165) is 35.1 Å². The molecule has 1 aromatic heterocycles. The number of hydrogen-bond donors (Lipinski definition) is 2. The number of nitrogens with zero attached hydrogens (tertiary/aromatic N) is 3. The first kappa shape index (κ1) is 21.6. The molecule has 7 nitrogen and oxygen atoms in total. The van der Waals surface area contributed by atoms with Crippen molar-refractivity contribution in [3.8, 4) is 11.5 Å². The lowest BCUT2D eigenvalue weighted by atomic mass is 10.1. The van der Waals surface area contributed by atoms with Crippen LogP contribution in [0.2, 0.25) is 0 Å². The van der Waals surface area contributed by atoms with Crippen LogP contribution in [0.15, 0.2) is 23.2 Å². The van der Waals surface area contributed by atoms with Gasteiger partial charge in [0.15, 0.2) is 17.5 Å². The molecule has 2 N–H and O–H groups in total. The molecule has 28 heavy (non-hydrogen) atoms. The first-order chi connectivity index (χ1) is 13.4. The largest absolute Gasteiger partial charge is 0.493 e. The molecule has 0 fully saturated rings. The van der Waals surface area contributed by atoms with Crippen LogP contribution in [-0.4, -0.2) is 42.5 Å². The van der Waals surface area contributed by atoms with Crippen LogP contribution in [-0.2, 0) is 20.0 Å². The van der Waals surface area contributed by atoms with E-state index in [0.29, 0.717) is 13.2 Å². The molecule has 0 aliphatic heterocycles. The minimum Gasteiger partial charge on any atom is -0.493 e. The Morgan fingerprint density at radius 3 is 2.61 bits per heavy atom. The fraction of sp³-hybridized carbons (Fsp3) is 0.524. The van der Waals surface area contributed by atoms with Crippen molar-refractivity contribution in [2.45, 2.75) is 46.7 Å². The van der Waals surface area contributed by atoms with Crippen LogP contribution in [0.5, 0.6) is 11.5 Å². The highest BCUT2D eigenvalue weighted by molar-refractivity contribution is 5.80. The van der Waals surface area contributed by atoms with Gasteiger partial charge in [-0.3, -0.25) is 9.67 Å². The number of aryl methyl sites for hydroxylation is 2. The molecular weight excluding hydrogens is 354 g/mol. The lowest BCUT2D eigenvalue weighted by Crippen LogP contribution is -2.42. The van der Waals surface area contributed by atoms with Gasteiger partial charge in [0.2, 0.25) is 0 Å². The maximum Gasteiger partial charge on any atom is 0.191 e. The fourth-order valence-electron chi connectivity index (χ4n) is 3.18. The smallest absolute Gasteiger partial charge is 0.191 e. The summed E-state index contributed by atoms with van der Waals surface area (Å²) in [5, 5.41) is 11.3. The van der Waals surface area contributed by atoms with Gasteiger partial charge in [-0.25, -0.2) is 0 Å². The van der Waals surface area contributed by atoms with Crippen molar-refractivity contribution in [1.29, 1.82) is 0 Å². The second-order valence-electron chi connectivity index (χ2n) is 6.87. The average Bonchev–Trinajstić information content (AvgIpc) is 2.91. The molecule has 1 atom stereocenters. The number of ether oxygens (including phenoxy) is 2. The lowest BCUT2D eigenvalue weighted by Gasteiger charge is -2.19. The monoisotopic (exact) mass is 387 g/mol. The molecule has 0 radical (unpaired) electrons. The standard InChI is InChI=1S/C21H33N5O2/c1-8-28-20-12-17(9-10-19(20)27-7)13-23-21(22-5)24-14(2)11-18-15(3)25-26(6)16(18)4/h9-10,12,14H,8,11,13H2,1-7H3,(H2,22,23,24). The SMILES string of the molecule is CCOc1cc(CNC(=NC)NC(C)Cc2c(C)nn(C)c2C)ccc1OC. The first-order valence-corrected chi connectivity index (χ1v) is 9.65. The summed E-state index contributed by atoms with van der Waals surface area (Å²) >= 11 is 0. The van der Waals surface area contributed by atoms with Crippen molar-refractivity contribution < 1.29 is 9.47 Å². The van der Waals surface area contributed by atoms with Gasteiger partial charge in [0.25, 0.3) is 0 Å². The molecule has 0 saturated heterocycles. The van der Waals surface area contributed by atoms with E-state index >= 15 is 0 Å². The molecule has 1 heterocycles. The van der Waals surface area contributed by atoms with Gasteiger partial charge in [0, 0.05) is 32.4 Å². The van der Waals surface area contributed by atoms with Gasteiger partial charge in [0.1, 0.15) is 0 Å². The molecule has 0 bridgehead atoms. The number of aliphatic imine (C=N–C) groups is 1. The summed E-state index contributed by atoms with van der Waals surface area (Å²) in [6.07, 6.45) is 0.892. The van der Waals surface area contributed by atoms with Crippen molar-refractivity contribution in [1.82, 2.24) is 20.4 Å². The Morgan fingerprint density at radius 2 is 2.04 bits per heavy atom. The molecule has 0 amide bonds. The second-order valence-corrected chi connectivity index (χ2v) is 6.87. The van der Waals surface area contributed by atoms with Gasteiger partial charge in [-0.2, -0.15) is 5.10 Å². The molecule has 1 aromatic carbocycles. The van der Waals surface area contributed by atoms with Crippen LogP contribution in [0.1, 0.15) is 36.4 Å². The van der Waals surface area contributed by atoms with E-state index in [4.69, 9.17) is 9.47 Å². The number of aromatic nitrogens is 2. The Hall–Kier alpha value is -2.70. The molecule has 2 aromatic rings. The Bertz CT molecular complexity index is 813. The van der Waals surface area contributed by atoms with E-state index < -0.39 is 0 Å². The van der Waals surface area contributed by atoms with Crippen molar-refractivity contribution in [2.75, 3.05) is 20.8 Å². The predicted molar refractivity (Wildman–Crippen MR) is 113 cm³/mol. The molecule has 0 saturated carbocycles. The summed E-state index contributed by atoms with van der Waals surface area (Å²) < 4.78 is 12.9. The van der Waals surface area contributed by atoms with Gasteiger partial charge >= 0.3 is 0 Å². The number of benzene rings is 1. The van der Waals surface area contributed by atoms with E-state index in [-0.39, 0.29) is 6.04 Å². The maximum atomic E-state index is 5.65. The molecule has 0 aliphatic carbocycles. The van der Waals surface area contributed by atoms with Gasteiger partial charge in [-0.1, -0.05) is 6.07 Å². The molecular formula is C21H33N5O2. The minimum atomic E-state index is 0.225. The van der Waals surface area contributed by atoms with E-state index in [1.807, 2.05) is 36.9 Å². The van der Waals surface area contributed by atoms with Gasteiger partial charge in [0.05, 0.1) is 19.4 Å². The third-order valence-corrected chi connectivity index (χ3v) is 4.76. The third kappa shape index (κ3) is 5.41.